The van der Waals surface area contributed by atoms with Crippen molar-refractivity contribution in [3.63, 3.8) is 0 Å². The molecule has 2 aromatic rings. The van der Waals surface area contributed by atoms with Crippen molar-refractivity contribution in [1.29, 1.82) is 0 Å². The zero-order chi connectivity index (χ0) is 15.4. The van der Waals surface area contributed by atoms with Crippen LogP contribution in [-0.2, 0) is 4.79 Å². The van der Waals surface area contributed by atoms with Crippen LogP contribution in [0.2, 0.25) is 5.02 Å². The van der Waals surface area contributed by atoms with E-state index in [4.69, 9.17) is 23.1 Å². The lowest BCUT2D eigenvalue weighted by atomic mass is 10.3. The SMILES string of the molecule is Nc1cc(N)nc(SCC(=O)Nc2ccc(F)c(Cl)c2)n1. The molecule has 9 heteroatoms. The van der Waals surface area contributed by atoms with E-state index in [-0.39, 0.29) is 28.3 Å². The minimum absolute atomic E-state index is 0.0535. The van der Waals surface area contributed by atoms with E-state index >= 15 is 0 Å². The number of hydrogen-bond donors (Lipinski definition) is 3. The van der Waals surface area contributed by atoms with Crippen molar-refractivity contribution in [1.82, 2.24) is 9.97 Å². The first-order chi connectivity index (χ1) is 9.94. The van der Waals surface area contributed by atoms with Crippen molar-refractivity contribution in [2.75, 3.05) is 22.5 Å². The predicted octanol–water partition coefficient (Wildman–Crippen LogP) is 2.16. The summed E-state index contributed by atoms with van der Waals surface area (Å²) >= 11 is 6.71. The lowest BCUT2D eigenvalue weighted by Crippen LogP contribution is -2.14. The number of carbonyl (C=O) groups is 1. The highest BCUT2D eigenvalue weighted by Gasteiger charge is 2.08. The first-order valence-corrected chi connectivity index (χ1v) is 7.08. The van der Waals surface area contributed by atoms with Gasteiger partial charge in [-0.1, -0.05) is 23.4 Å². The largest absolute Gasteiger partial charge is 0.383 e. The number of thioether (sulfide) groups is 1. The molecule has 1 aromatic carbocycles. The maximum Gasteiger partial charge on any atom is 0.234 e. The predicted molar refractivity (Wildman–Crippen MR) is 81.6 cm³/mol. The number of hydrogen-bond acceptors (Lipinski definition) is 6. The fourth-order valence-electron chi connectivity index (χ4n) is 1.43. The fraction of sp³-hybridized carbons (Fsp3) is 0.0833. The highest BCUT2D eigenvalue weighted by atomic mass is 35.5. The number of nitrogen functional groups attached to an aromatic ring is 2. The van der Waals surface area contributed by atoms with Crippen molar-refractivity contribution in [3.05, 3.63) is 35.1 Å². The van der Waals surface area contributed by atoms with Crippen molar-refractivity contribution in [3.8, 4) is 0 Å². The van der Waals surface area contributed by atoms with Gasteiger partial charge in [0.15, 0.2) is 5.16 Å². The van der Waals surface area contributed by atoms with Gasteiger partial charge in [0.05, 0.1) is 10.8 Å². The third-order valence-electron chi connectivity index (χ3n) is 2.28. The van der Waals surface area contributed by atoms with Crippen LogP contribution in [0.5, 0.6) is 0 Å². The third kappa shape index (κ3) is 4.47. The second-order valence-corrected chi connectivity index (χ2v) is 5.32. The number of amides is 1. The van der Waals surface area contributed by atoms with Crippen LogP contribution in [0.1, 0.15) is 0 Å². The van der Waals surface area contributed by atoms with Gasteiger partial charge in [-0.2, -0.15) is 0 Å². The number of rotatable bonds is 4. The Bertz CT molecular complexity index is 664. The normalized spacial score (nSPS) is 10.4. The Kier molecular flexibility index (Phi) is 4.81. The minimum Gasteiger partial charge on any atom is -0.383 e. The first kappa shape index (κ1) is 15.3. The van der Waals surface area contributed by atoms with Gasteiger partial charge in [-0.15, -0.1) is 0 Å². The van der Waals surface area contributed by atoms with Gasteiger partial charge >= 0.3 is 0 Å². The molecule has 1 amide bonds. The van der Waals surface area contributed by atoms with Gasteiger partial charge in [-0.05, 0) is 18.2 Å². The molecule has 0 atom stereocenters. The van der Waals surface area contributed by atoms with Crippen LogP contribution in [0.25, 0.3) is 0 Å². The van der Waals surface area contributed by atoms with Crippen LogP contribution in [0, 0.1) is 5.82 Å². The Balaban J connectivity index is 1.94. The summed E-state index contributed by atoms with van der Waals surface area (Å²) in [6.45, 7) is 0. The Hall–Kier alpha value is -2.06. The Morgan fingerprint density at radius 1 is 1.29 bits per heavy atom. The summed E-state index contributed by atoms with van der Waals surface area (Å²) in [4.78, 5) is 19.6. The molecule has 0 spiro atoms. The summed E-state index contributed by atoms with van der Waals surface area (Å²) in [7, 11) is 0. The average Bonchev–Trinajstić information content (AvgIpc) is 2.40. The van der Waals surface area contributed by atoms with Gasteiger partial charge in [-0.25, -0.2) is 14.4 Å². The highest BCUT2D eigenvalue weighted by molar-refractivity contribution is 7.99. The lowest BCUT2D eigenvalue weighted by molar-refractivity contribution is -0.113. The molecule has 0 aliphatic heterocycles. The summed E-state index contributed by atoms with van der Waals surface area (Å²) in [5.41, 5.74) is 11.5. The van der Waals surface area contributed by atoms with Crippen molar-refractivity contribution in [2.45, 2.75) is 5.16 Å². The van der Waals surface area contributed by atoms with Gasteiger partial charge in [-0.3, -0.25) is 4.79 Å². The van der Waals surface area contributed by atoms with E-state index in [9.17, 15) is 9.18 Å². The quantitative estimate of drug-likeness (QED) is 0.587. The topological polar surface area (TPSA) is 107 Å². The van der Waals surface area contributed by atoms with Gasteiger partial charge in [0.1, 0.15) is 17.5 Å². The molecule has 1 aromatic heterocycles. The Morgan fingerprint density at radius 3 is 2.57 bits per heavy atom. The smallest absolute Gasteiger partial charge is 0.234 e. The lowest BCUT2D eigenvalue weighted by Gasteiger charge is -2.06. The van der Waals surface area contributed by atoms with Gasteiger partial charge < -0.3 is 16.8 Å². The molecule has 6 nitrogen and oxygen atoms in total. The third-order valence-corrected chi connectivity index (χ3v) is 3.42. The number of benzene rings is 1. The highest BCUT2D eigenvalue weighted by Crippen LogP contribution is 2.20. The van der Waals surface area contributed by atoms with Crippen LogP contribution in [0.3, 0.4) is 0 Å². The van der Waals surface area contributed by atoms with Gasteiger partial charge in [0.25, 0.3) is 0 Å². The summed E-state index contributed by atoms with van der Waals surface area (Å²) < 4.78 is 13.0. The molecular formula is C12H11ClFN5OS. The molecule has 0 bridgehead atoms. The van der Waals surface area contributed by atoms with Gasteiger partial charge in [0.2, 0.25) is 5.91 Å². The molecular weight excluding hydrogens is 317 g/mol. The van der Waals surface area contributed by atoms with Crippen molar-refractivity contribution >= 4 is 46.6 Å². The average molecular weight is 328 g/mol. The van der Waals surface area contributed by atoms with Crippen LogP contribution < -0.4 is 16.8 Å². The molecule has 0 aliphatic rings. The second kappa shape index (κ2) is 6.59. The molecule has 0 radical (unpaired) electrons. The van der Waals surface area contributed by atoms with Crippen LogP contribution in [-0.4, -0.2) is 21.6 Å². The molecule has 110 valence electrons. The molecule has 21 heavy (non-hydrogen) atoms. The standard InChI is InChI=1S/C12H11ClFN5OS/c13-7-3-6(1-2-8(7)14)17-11(20)5-21-12-18-9(15)4-10(16)19-12/h1-4H,5H2,(H,17,20)(H4,15,16,18,19). The summed E-state index contributed by atoms with van der Waals surface area (Å²) in [5.74, 6) is -0.343. The second-order valence-electron chi connectivity index (χ2n) is 3.97. The number of nitrogens with one attached hydrogen (secondary N) is 1. The molecule has 0 saturated heterocycles. The minimum atomic E-state index is -0.548. The molecule has 0 aliphatic carbocycles. The van der Waals surface area contributed by atoms with Crippen molar-refractivity contribution in [2.24, 2.45) is 0 Å². The van der Waals surface area contributed by atoms with E-state index < -0.39 is 5.82 Å². The maximum absolute atomic E-state index is 13.0. The molecule has 0 fully saturated rings. The van der Waals surface area contributed by atoms with Gasteiger partial charge in [0, 0.05) is 11.8 Å². The number of aromatic nitrogens is 2. The Labute approximate surface area is 129 Å². The van der Waals surface area contributed by atoms with E-state index in [1.54, 1.807) is 0 Å². The fourth-order valence-corrected chi connectivity index (χ4v) is 2.28. The number of nitrogens with zero attached hydrogens (tertiary/aromatic N) is 2. The van der Waals surface area contributed by atoms with Crippen LogP contribution >= 0.6 is 23.4 Å². The van der Waals surface area contributed by atoms with E-state index in [1.807, 2.05) is 0 Å². The molecule has 1 heterocycles. The molecule has 5 N–H and O–H groups in total. The molecule has 0 unspecified atom stereocenters. The number of nitrogens with two attached hydrogens (primary N) is 2. The maximum atomic E-state index is 13.0. The van der Waals surface area contributed by atoms with E-state index in [2.05, 4.69) is 15.3 Å². The van der Waals surface area contributed by atoms with E-state index in [0.717, 1.165) is 11.8 Å². The summed E-state index contributed by atoms with van der Waals surface area (Å²) in [6, 6.07) is 5.34. The molecule has 0 saturated carbocycles. The number of carbonyl (C=O) groups excluding carboxylic acids is 1. The van der Waals surface area contributed by atoms with Crippen LogP contribution in [0.4, 0.5) is 21.7 Å². The zero-order valence-corrected chi connectivity index (χ0v) is 12.2. The zero-order valence-electron chi connectivity index (χ0n) is 10.6. The van der Waals surface area contributed by atoms with Crippen molar-refractivity contribution < 1.29 is 9.18 Å². The first-order valence-electron chi connectivity index (χ1n) is 5.72. The monoisotopic (exact) mass is 327 g/mol. The van der Waals surface area contributed by atoms with E-state index in [0.29, 0.717) is 10.8 Å². The van der Waals surface area contributed by atoms with E-state index in [1.165, 1.54) is 24.3 Å². The number of anilines is 3. The summed E-state index contributed by atoms with van der Waals surface area (Å²) in [5, 5.41) is 2.82. The molecule has 2 rings (SSSR count). The Morgan fingerprint density at radius 2 is 1.95 bits per heavy atom. The number of halogens is 2. The summed E-state index contributed by atoms with van der Waals surface area (Å²) in [6.07, 6.45) is 0. The van der Waals surface area contributed by atoms with Crippen LogP contribution in [0.15, 0.2) is 29.4 Å².